The number of carbonyl (C=O) groups excluding carboxylic acids is 1. The Bertz CT molecular complexity index is 419. The molecule has 0 bridgehead atoms. The van der Waals surface area contributed by atoms with Gasteiger partial charge in [-0.1, -0.05) is 24.6 Å². The second-order valence-corrected chi connectivity index (χ2v) is 4.80. The van der Waals surface area contributed by atoms with Gasteiger partial charge in [-0.2, -0.15) is 0 Å². The zero-order valence-corrected chi connectivity index (χ0v) is 10.9. The van der Waals surface area contributed by atoms with E-state index in [4.69, 9.17) is 5.73 Å². The third-order valence-corrected chi connectivity index (χ3v) is 3.59. The first kappa shape index (κ1) is 12.9. The second-order valence-electron chi connectivity index (χ2n) is 4.80. The summed E-state index contributed by atoms with van der Waals surface area (Å²) in [5, 5.41) is 2.75. The molecule has 3 N–H and O–H groups in total. The third kappa shape index (κ3) is 2.82. The highest BCUT2D eigenvalue weighted by atomic mass is 16.2. The Hall–Kier alpha value is -1.55. The monoisotopic (exact) mass is 247 g/mol. The van der Waals surface area contributed by atoms with Crippen LogP contribution in [0.2, 0.25) is 0 Å². The van der Waals surface area contributed by atoms with Gasteiger partial charge in [0.2, 0.25) is 5.91 Å². The SMILES string of the molecule is CNC(=O)C1CCCCN1Cc1ccccc1N. The molecule has 1 unspecified atom stereocenters. The first-order valence-electron chi connectivity index (χ1n) is 6.51. The number of nitrogens with zero attached hydrogens (tertiary/aromatic N) is 1. The number of nitrogen functional groups attached to an aromatic ring is 1. The maximum absolute atomic E-state index is 11.9. The summed E-state index contributed by atoms with van der Waals surface area (Å²) in [5.41, 5.74) is 7.87. The van der Waals surface area contributed by atoms with Gasteiger partial charge in [0.15, 0.2) is 0 Å². The minimum atomic E-state index is -0.0108. The standard InChI is InChI=1S/C14H21N3O/c1-16-14(18)13-8-4-5-9-17(13)10-11-6-2-3-7-12(11)15/h2-3,6-7,13H,4-5,8-10,15H2,1H3,(H,16,18). The summed E-state index contributed by atoms with van der Waals surface area (Å²) in [7, 11) is 1.70. The molecule has 1 atom stereocenters. The van der Waals surface area contributed by atoms with Crippen molar-refractivity contribution in [2.75, 3.05) is 19.3 Å². The summed E-state index contributed by atoms with van der Waals surface area (Å²) in [6, 6.07) is 7.86. The predicted molar refractivity (Wildman–Crippen MR) is 73.0 cm³/mol. The number of rotatable bonds is 3. The van der Waals surface area contributed by atoms with Gasteiger partial charge in [0, 0.05) is 19.3 Å². The number of hydrogen-bond donors (Lipinski definition) is 2. The number of benzene rings is 1. The van der Waals surface area contributed by atoms with Crippen molar-refractivity contribution in [2.24, 2.45) is 0 Å². The number of nitrogens with one attached hydrogen (secondary N) is 1. The minimum absolute atomic E-state index is 0.0108. The topological polar surface area (TPSA) is 58.4 Å². The van der Waals surface area contributed by atoms with E-state index in [0.717, 1.165) is 43.6 Å². The average Bonchev–Trinajstić information content (AvgIpc) is 2.41. The number of amides is 1. The first-order valence-corrected chi connectivity index (χ1v) is 6.51. The van der Waals surface area contributed by atoms with E-state index in [1.807, 2.05) is 24.3 Å². The van der Waals surface area contributed by atoms with E-state index in [0.29, 0.717) is 0 Å². The van der Waals surface area contributed by atoms with Crippen molar-refractivity contribution in [2.45, 2.75) is 31.8 Å². The van der Waals surface area contributed by atoms with Crippen LogP contribution in [0.1, 0.15) is 24.8 Å². The van der Waals surface area contributed by atoms with Gasteiger partial charge >= 0.3 is 0 Å². The van der Waals surface area contributed by atoms with Crippen LogP contribution >= 0.6 is 0 Å². The Morgan fingerprint density at radius 1 is 1.44 bits per heavy atom. The Morgan fingerprint density at radius 2 is 2.22 bits per heavy atom. The van der Waals surface area contributed by atoms with Crippen LogP contribution in [0.25, 0.3) is 0 Å². The third-order valence-electron chi connectivity index (χ3n) is 3.59. The van der Waals surface area contributed by atoms with E-state index in [1.165, 1.54) is 0 Å². The number of carbonyl (C=O) groups is 1. The molecule has 1 saturated heterocycles. The largest absolute Gasteiger partial charge is 0.398 e. The van der Waals surface area contributed by atoms with Crippen molar-refractivity contribution < 1.29 is 4.79 Å². The van der Waals surface area contributed by atoms with Crippen molar-refractivity contribution in [1.82, 2.24) is 10.2 Å². The number of likely N-dealkylation sites (tertiary alicyclic amines) is 1. The summed E-state index contributed by atoms with van der Waals surface area (Å²) >= 11 is 0. The molecule has 4 nitrogen and oxygen atoms in total. The molecule has 0 saturated carbocycles. The Morgan fingerprint density at radius 3 is 2.94 bits per heavy atom. The fourth-order valence-electron chi connectivity index (χ4n) is 2.54. The summed E-state index contributed by atoms with van der Waals surface area (Å²) in [4.78, 5) is 14.1. The molecular weight excluding hydrogens is 226 g/mol. The van der Waals surface area contributed by atoms with Gasteiger partial charge in [-0.15, -0.1) is 0 Å². The Kier molecular flexibility index (Phi) is 4.20. The lowest BCUT2D eigenvalue weighted by molar-refractivity contribution is -0.127. The predicted octanol–water partition coefficient (Wildman–Crippen LogP) is 1.37. The summed E-state index contributed by atoms with van der Waals surface area (Å²) in [5.74, 6) is 0.115. The van der Waals surface area contributed by atoms with Crippen LogP contribution in [0, 0.1) is 0 Å². The maximum atomic E-state index is 11.9. The number of para-hydroxylation sites is 1. The summed E-state index contributed by atoms with van der Waals surface area (Å²) in [6.45, 7) is 1.72. The van der Waals surface area contributed by atoms with E-state index >= 15 is 0 Å². The molecule has 2 rings (SSSR count). The molecule has 1 aromatic carbocycles. The molecule has 1 amide bonds. The average molecular weight is 247 g/mol. The summed E-state index contributed by atoms with van der Waals surface area (Å²) in [6.07, 6.45) is 3.21. The summed E-state index contributed by atoms with van der Waals surface area (Å²) < 4.78 is 0. The molecule has 98 valence electrons. The van der Waals surface area contributed by atoms with Crippen molar-refractivity contribution in [3.05, 3.63) is 29.8 Å². The fraction of sp³-hybridized carbons (Fsp3) is 0.500. The van der Waals surface area contributed by atoms with Crippen molar-refractivity contribution >= 4 is 11.6 Å². The molecule has 1 aliphatic heterocycles. The van der Waals surface area contributed by atoms with Crippen LogP contribution in [0.15, 0.2) is 24.3 Å². The molecule has 0 aliphatic carbocycles. The van der Waals surface area contributed by atoms with Crippen molar-refractivity contribution in [3.8, 4) is 0 Å². The second kappa shape index (κ2) is 5.87. The highest BCUT2D eigenvalue weighted by Crippen LogP contribution is 2.22. The first-order chi connectivity index (χ1) is 8.72. The van der Waals surface area contributed by atoms with E-state index in [2.05, 4.69) is 10.2 Å². The van der Waals surface area contributed by atoms with Crippen LogP contribution < -0.4 is 11.1 Å². The van der Waals surface area contributed by atoms with Gasteiger partial charge in [0.25, 0.3) is 0 Å². The van der Waals surface area contributed by atoms with Gasteiger partial charge in [0.1, 0.15) is 0 Å². The zero-order valence-electron chi connectivity index (χ0n) is 10.9. The molecule has 4 heteroatoms. The normalized spacial score (nSPS) is 20.6. The Labute approximate surface area is 108 Å². The molecule has 0 radical (unpaired) electrons. The van der Waals surface area contributed by atoms with E-state index < -0.39 is 0 Å². The lowest BCUT2D eigenvalue weighted by atomic mass is 10.00. The highest BCUT2D eigenvalue weighted by Gasteiger charge is 2.27. The van der Waals surface area contributed by atoms with Gasteiger partial charge in [-0.3, -0.25) is 9.69 Å². The van der Waals surface area contributed by atoms with E-state index in [-0.39, 0.29) is 11.9 Å². The van der Waals surface area contributed by atoms with E-state index in [9.17, 15) is 4.79 Å². The molecular formula is C14H21N3O. The van der Waals surface area contributed by atoms with Crippen LogP contribution in [0.4, 0.5) is 5.69 Å². The van der Waals surface area contributed by atoms with Crippen molar-refractivity contribution in [1.29, 1.82) is 0 Å². The van der Waals surface area contributed by atoms with Gasteiger partial charge < -0.3 is 11.1 Å². The van der Waals surface area contributed by atoms with Crippen LogP contribution in [-0.2, 0) is 11.3 Å². The van der Waals surface area contributed by atoms with Gasteiger partial charge in [-0.25, -0.2) is 0 Å². The molecule has 18 heavy (non-hydrogen) atoms. The van der Waals surface area contributed by atoms with E-state index in [1.54, 1.807) is 7.05 Å². The quantitative estimate of drug-likeness (QED) is 0.793. The Balaban J connectivity index is 2.10. The van der Waals surface area contributed by atoms with Crippen LogP contribution in [0.3, 0.4) is 0 Å². The van der Waals surface area contributed by atoms with Gasteiger partial charge in [-0.05, 0) is 31.0 Å². The number of likely N-dealkylation sites (N-methyl/N-ethyl adjacent to an activating group) is 1. The smallest absolute Gasteiger partial charge is 0.237 e. The molecule has 1 aliphatic rings. The minimum Gasteiger partial charge on any atom is -0.398 e. The fourth-order valence-corrected chi connectivity index (χ4v) is 2.54. The van der Waals surface area contributed by atoms with Gasteiger partial charge in [0.05, 0.1) is 6.04 Å². The number of piperidine rings is 1. The number of nitrogens with two attached hydrogens (primary N) is 1. The van der Waals surface area contributed by atoms with Crippen LogP contribution in [0.5, 0.6) is 0 Å². The molecule has 1 fully saturated rings. The maximum Gasteiger partial charge on any atom is 0.237 e. The lowest BCUT2D eigenvalue weighted by Gasteiger charge is -2.34. The molecule has 1 aromatic rings. The van der Waals surface area contributed by atoms with Crippen LogP contribution in [-0.4, -0.2) is 30.4 Å². The highest BCUT2D eigenvalue weighted by molar-refractivity contribution is 5.81. The number of anilines is 1. The van der Waals surface area contributed by atoms with Crippen molar-refractivity contribution in [3.63, 3.8) is 0 Å². The number of hydrogen-bond acceptors (Lipinski definition) is 3. The lowest BCUT2D eigenvalue weighted by Crippen LogP contribution is -2.48. The molecule has 1 heterocycles. The zero-order chi connectivity index (χ0) is 13.0. The molecule has 0 aromatic heterocycles. The molecule has 0 spiro atoms.